The van der Waals surface area contributed by atoms with Crippen LogP contribution in [0.5, 0.6) is 11.5 Å². The molecule has 0 aliphatic rings. The predicted octanol–water partition coefficient (Wildman–Crippen LogP) is 4.28. The first-order chi connectivity index (χ1) is 16.5. The van der Waals surface area contributed by atoms with Gasteiger partial charge in [-0.2, -0.15) is 5.10 Å². The second kappa shape index (κ2) is 9.06. The summed E-state index contributed by atoms with van der Waals surface area (Å²) >= 11 is 4.48. The summed E-state index contributed by atoms with van der Waals surface area (Å²) < 4.78 is 14.4. The topological polar surface area (TPSA) is 83.1 Å². The van der Waals surface area contributed by atoms with Crippen molar-refractivity contribution in [3.8, 4) is 22.6 Å². The molecule has 0 fully saturated rings. The molecule has 5 rings (SSSR count). The first kappa shape index (κ1) is 21.8. The zero-order valence-corrected chi connectivity index (χ0v) is 19.8. The SMILES string of the molecule is COc1cc(OC)cc(N(Cc2nccn2S)c2ccc3ncc(-c4cnn(C)c4)cc3n2)c1. The summed E-state index contributed by atoms with van der Waals surface area (Å²) in [5.41, 5.74) is 4.35. The lowest BCUT2D eigenvalue weighted by molar-refractivity contribution is 0.394. The summed E-state index contributed by atoms with van der Waals surface area (Å²) in [7, 11) is 5.15. The van der Waals surface area contributed by atoms with E-state index in [1.54, 1.807) is 35.3 Å². The molecule has 0 amide bonds. The number of methoxy groups -OCH3 is 2. The number of pyridine rings is 2. The fraction of sp³-hybridized carbons (Fsp3) is 0.167. The van der Waals surface area contributed by atoms with Crippen molar-refractivity contribution in [3.63, 3.8) is 0 Å². The van der Waals surface area contributed by atoms with Gasteiger partial charge >= 0.3 is 0 Å². The highest BCUT2D eigenvalue weighted by atomic mass is 32.1. The Labute approximate surface area is 202 Å². The van der Waals surface area contributed by atoms with Crippen LogP contribution in [0.1, 0.15) is 5.82 Å². The minimum Gasteiger partial charge on any atom is -0.497 e. The Balaban J connectivity index is 1.63. The van der Waals surface area contributed by atoms with Crippen molar-refractivity contribution in [1.82, 2.24) is 28.7 Å². The molecule has 34 heavy (non-hydrogen) atoms. The number of nitrogens with zero attached hydrogens (tertiary/aromatic N) is 7. The maximum atomic E-state index is 5.50. The first-order valence-corrected chi connectivity index (χ1v) is 10.9. The van der Waals surface area contributed by atoms with Gasteiger partial charge in [-0.15, -0.1) is 0 Å². The number of hydrogen-bond donors (Lipinski definition) is 1. The van der Waals surface area contributed by atoms with Gasteiger partial charge in [-0.1, -0.05) is 12.8 Å². The summed E-state index contributed by atoms with van der Waals surface area (Å²) in [4.78, 5) is 16.0. The van der Waals surface area contributed by atoms with Crippen molar-refractivity contribution in [2.24, 2.45) is 7.05 Å². The Morgan fingerprint density at radius 2 is 1.74 bits per heavy atom. The molecule has 9 nitrogen and oxygen atoms in total. The molecule has 4 heterocycles. The van der Waals surface area contributed by atoms with Gasteiger partial charge in [0.05, 0.1) is 43.7 Å². The van der Waals surface area contributed by atoms with Gasteiger partial charge in [-0.25, -0.2) is 9.97 Å². The highest BCUT2D eigenvalue weighted by Crippen LogP contribution is 2.34. The third-order valence-corrected chi connectivity index (χ3v) is 5.84. The van der Waals surface area contributed by atoms with Crippen LogP contribution in [0.15, 0.2) is 67.4 Å². The monoisotopic (exact) mass is 473 g/mol. The molecule has 0 spiro atoms. The van der Waals surface area contributed by atoms with Gasteiger partial charge in [0.15, 0.2) is 0 Å². The number of anilines is 2. The van der Waals surface area contributed by atoms with Crippen molar-refractivity contribution in [2.45, 2.75) is 6.54 Å². The molecule has 0 aliphatic carbocycles. The van der Waals surface area contributed by atoms with E-state index in [1.807, 2.05) is 66.9 Å². The summed E-state index contributed by atoms with van der Waals surface area (Å²) in [5, 5.41) is 4.26. The Morgan fingerprint density at radius 1 is 0.941 bits per heavy atom. The number of imidazole rings is 1. The van der Waals surface area contributed by atoms with Crippen LogP contribution < -0.4 is 14.4 Å². The average molecular weight is 474 g/mol. The Kier molecular flexibility index (Phi) is 5.81. The third kappa shape index (κ3) is 4.27. The lowest BCUT2D eigenvalue weighted by atomic mass is 10.1. The Hall–Kier alpha value is -4.05. The molecule has 0 unspecified atom stereocenters. The number of ether oxygens (including phenoxy) is 2. The molecule has 0 aliphatic heterocycles. The average Bonchev–Trinajstić information content (AvgIpc) is 3.49. The van der Waals surface area contributed by atoms with Crippen molar-refractivity contribution in [1.29, 1.82) is 0 Å². The van der Waals surface area contributed by atoms with Crippen LogP contribution in [0.4, 0.5) is 11.5 Å². The van der Waals surface area contributed by atoms with Gasteiger partial charge < -0.3 is 14.4 Å². The van der Waals surface area contributed by atoms with Gasteiger partial charge in [0.25, 0.3) is 0 Å². The number of hydrogen-bond acceptors (Lipinski definition) is 8. The zero-order valence-electron chi connectivity index (χ0n) is 19.0. The second-order valence-corrected chi connectivity index (χ2v) is 8.11. The van der Waals surface area contributed by atoms with Gasteiger partial charge in [0.1, 0.15) is 23.1 Å². The number of fused-ring (bicyclic) bond motifs is 1. The summed E-state index contributed by atoms with van der Waals surface area (Å²) in [6.45, 7) is 0.432. The number of aryl methyl sites for hydroxylation is 1. The molecule has 0 saturated heterocycles. The molecule has 5 aromatic rings. The number of benzene rings is 1. The summed E-state index contributed by atoms with van der Waals surface area (Å²) in [5.74, 6) is 2.84. The molecule has 0 atom stereocenters. The molecule has 172 valence electrons. The molecule has 1 aromatic carbocycles. The van der Waals surface area contributed by atoms with E-state index < -0.39 is 0 Å². The van der Waals surface area contributed by atoms with Crippen LogP contribution in [0, 0.1) is 0 Å². The van der Waals surface area contributed by atoms with Gasteiger partial charge in [0.2, 0.25) is 0 Å². The van der Waals surface area contributed by atoms with Crippen LogP contribution in [0.2, 0.25) is 0 Å². The molecule has 10 heteroatoms. The number of thiol groups is 1. The van der Waals surface area contributed by atoms with Crippen LogP contribution >= 0.6 is 12.8 Å². The molecule has 0 saturated carbocycles. The lowest BCUT2D eigenvalue weighted by Crippen LogP contribution is -2.19. The van der Waals surface area contributed by atoms with Gasteiger partial charge in [-0.05, 0) is 18.2 Å². The van der Waals surface area contributed by atoms with E-state index in [-0.39, 0.29) is 0 Å². The van der Waals surface area contributed by atoms with E-state index in [2.05, 4.69) is 27.9 Å². The van der Waals surface area contributed by atoms with Crippen LogP contribution in [-0.4, -0.2) is 42.9 Å². The molecule has 0 bridgehead atoms. The Morgan fingerprint density at radius 3 is 2.38 bits per heavy atom. The minimum atomic E-state index is 0.432. The Bertz CT molecular complexity index is 1440. The van der Waals surface area contributed by atoms with E-state index in [0.717, 1.165) is 39.5 Å². The molecule has 4 aromatic heterocycles. The standard InChI is InChI=1S/C24H23N7O2S/c1-29-14-17(13-27-29)16-8-22-21(26-12-16)4-5-23(28-22)30(15-24-25-6-7-31(24)34)18-9-19(32-2)11-20(10-18)33-3/h4-14,34H,15H2,1-3H3. The third-order valence-electron chi connectivity index (χ3n) is 5.48. The molecule has 0 radical (unpaired) electrons. The number of aromatic nitrogens is 6. The highest BCUT2D eigenvalue weighted by Gasteiger charge is 2.17. The summed E-state index contributed by atoms with van der Waals surface area (Å²) in [6.07, 6.45) is 9.11. The quantitative estimate of drug-likeness (QED) is 0.353. The fourth-order valence-corrected chi connectivity index (χ4v) is 3.88. The molecule has 0 N–H and O–H groups in total. The maximum absolute atomic E-state index is 5.50. The maximum Gasteiger partial charge on any atom is 0.138 e. The predicted molar refractivity (Wildman–Crippen MR) is 134 cm³/mol. The van der Waals surface area contributed by atoms with Crippen molar-refractivity contribution >= 4 is 35.4 Å². The van der Waals surface area contributed by atoms with Crippen molar-refractivity contribution in [2.75, 3.05) is 19.1 Å². The summed E-state index contributed by atoms with van der Waals surface area (Å²) in [6, 6.07) is 11.6. The second-order valence-electron chi connectivity index (χ2n) is 7.68. The largest absolute Gasteiger partial charge is 0.497 e. The lowest BCUT2D eigenvalue weighted by Gasteiger charge is -2.25. The van der Waals surface area contributed by atoms with E-state index in [4.69, 9.17) is 14.5 Å². The van der Waals surface area contributed by atoms with Crippen molar-refractivity contribution in [3.05, 3.63) is 73.2 Å². The van der Waals surface area contributed by atoms with Gasteiger partial charge in [0, 0.05) is 61.2 Å². The molecular weight excluding hydrogens is 450 g/mol. The normalized spacial score (nSPS) is 11.1. The smallest absolute Gasteiger partial charge is 0.138 e. The highest BCUT2D eigenvalue weighted by molar-refractivity contribution is 7.78. The molecular formula is C24H23N7O2S. The van der Waals surface area contributed by atoms with Crippen LogP contribution in [-0.2, 0) is 13.6 Å². The minimum absolute atomic E-state index is 0.432. The van der Waals surface area contributed by atoms with Crippen LogP contribution in [0.3, 0.4) is 0 Å². The van der Waals surface area contributed by atoms with E-state index in [9.17, 15) is 0 Å². The zero-order chi connectivity index (χ0) is 23.7. The van der Waals surface area contributed by atoms with E-state index in [0.29, 0.717) is 18.0 Å². The van der Waals surface area contributed by atoms with Crippen molar-refractivity contribution < 1.29 is 9.47 Å². The first-order valence-electron chi connectivity index (χ1n) is 10.5. The van der Waals surface area contributed by atoms with Crippen LogP contribution in [0.25, 0.3) is 22.2 Å². The fourth-order valence-electron chi connectivity index (χ4n) is 3.71. The number of rotatable bonds is 7. The van der Waals surface area contributed by atoms with E-state index in [1.165, 1.54) is 0 Å². The van der Waals surface area contributed by atoms with E-state index >= 15 is 0 Å². The van der Waals surface area contributed by atoms with Gasteiger partial charge in [-0.3, -0.25) is 13.6 Å².